The van der Waals surface area contributed by atoms with Gasteiger partial charge in [-0.05, 0) is 99.1 Å². The lowest BCUT2D eigenvalue weighted by molar-refractivity contribution is -0.149. The lowest BCUT2D eigenvalue weighted by atomic mass is 9.91. The fourth-order valence-corrected chi connectivity index (χ4v) is 9.58. The Labute approximate surface area is 251 Å². The van der Waals surface area contributed by atoms with Crippen LogP contribution in [0.1, 0.15) is 63.9 Å². The monoisotopic (exact) mass is 666 g/mol. The first kappa shape index (κ1) is 29.0. The van der Waals surface area contributed by atoms with Crippen molar-refractivity contribution in [1.29, 1.82) is 0 Å². The molecule has 3 fully saturated rings. The van der Waals surface area contributed by atoms with Gasteiger partial charge in [-0.15, -0.1) is 11.3 Å². The molecule has 6 nitrogen and oxygen atoms in total. The van der Waals surface area contributed by atoms with Gasteiger partial charge < -0.3 is 9.64 Å². The molecule has 1 amide bonds. The zero-order valence-corrected chi connectivity index (χ0v) is 25.9. The van der Waals surface area contributed by atoms with Gasteiger partial charge in [0.1, 0.15) is 9.96 Å². The Kier molecular flexibility index (Phi) is 7.93. The van der Waals surface area contributed by atoms with Crippen LogP contribution in [0, 0.1) is 5.92 Å². The maximum absolute atomic E-state index is 16.2. The number of hydrogen-bond donors (Lipinski definition) is 1. The molecule has 3 unspecified atom stereocenters. The summed E-state index contributed by atoms with van der Waals surface area (Å²) in [4.78, 5) is 15.5. The molecule has 2 bridgehead atoms. The molecular weight excluding hydrogens is 634 g/mol. The first-order valence-corrected chi connectivity index (χ1v) is 17.3. The maximum atomic E-state index is 16.2. The minimum atomic E-state index is -4.47. The number of sulfonamides is 1. The predicted octanol–water partition coefficient (Wildman–Crippen LogP) is 7.21. The van der Waals surface area contributed by atoms with Crippen LogP contribution in [0.2, 0.25) is 0 Å². The van der Waals surface area contributed by atoms with Crippen molar-refractivity contribution in [3.63, 3.8) is 0 Å². The Morgan fingerprint density at radius 2 is 1.71 bits per heavy atom. The zero-order chi connectivity index (χ0) is 28.9. The second-order valence-electron chi connectivity index (χ2n) is 11.7. The molecule has 1 aromatic heterocycles. The molecule has 2 saturated heterocycles. The highest BCUT2D eigenvalue weighted by atomic mass is 79.9. The lowest BCUT2D eigenvalue weighted by Gasteiger charge is -2.41. The summed E-state index contributed by atoms with van der Waals surface area (Å²) in [7, 11) is -4.47. The number of fused-ring (bicyclic) bond motifs is 3. The summed E-state index contributed by atoms with van der Waals surface area (Å²) in [5.74, 6) is -3.60. The highest BCUT2D eigenvalue weighted by Crippen LogP contribution is 2.42. The number of piperidine rings is 1. The van der Waals surface area contributed by atoms with E-state index in [-0.39, 0.29) is 22.4 Å². The summed E-state index contributed by atoms with van der Waals surface area (Å²) in [6, 6.07) is 9.60. The highest BCUT2D eigenvalue weighted by Gasteiger charge is 2.53. The van der Waals surface area contributed by atoms with Gasteiger partial charge in [-0.25, -0.2) is 8.42 Å². The van der Waals surface area contributed by atoms with Crippen LogP contribution in [0.25, 0.3) is 10.1 Å². The van der Waals surface area contributed by atoms with E-state index in [2.05, 4.69) is 27.6 Å². The number of benzene rings is 2. The van der Waals surface area contributed by atoms with E-state index in [1.165, 1.54) is 35.2 Å². The van der Waals surface area contributed by atoms with E-state index in [4.69, 9.17) is 4.74 Å². The minimum absolute atomic E-state index is 0.120. The number of alkyl halides is 2. The summed E-state index contributed by atoms with van der Waals surface area (Å²) < 4.78 is 69.2. The van der Waals surface area contributed by atoms with Crippen molar-refractivity contribution in [3.05, 3.63) is 58.6 Å². The molecule has 1 saturated carbocycles. The molecule has 2 aliphatic heterocycles. The summed E-state index contributed by atoms with van der Waals surface area (Å²) in [5.41, 5.74) is -0.426. The number of carbonyl (C=O) groups is 1. The van der Waals surface area contributed by atoms with Crippen LogP contribution in [0.5, 0.6) is 5.75 Å². The van der Waals surface area contributed by atoms with E-state index in [9.17, 15) is 13.2 Å². The molecule has 3 heterocycles. The van der Waals surface area contributed by atoms with Gasteiger partial charge in [0.15, 0.2) is 6.04 Å². The fraction of sp³-hybridized carbons (Fsp3) is 0.500. The number of ether oxygens (including phenoxy) is 1. The second kappa shape index (κ2) is 11.2. The number of hydrogen-bond acceptors (Lipinski definition) is 5. The first-order chi connectivity index (χ1) is 19.5. The molecule has 3 aliphatic rings. The number of amides is 1. The lowest BCUT2D eigenvalue weighted by Crippen LogP contribution is -2.59. The smallest absolute Gasteiger partial charge is 0.298 e. The van der Waals surface area contributed by atoms with Gasteiger partial charge in [-0.3, -0.25) is 4.79 Å². The molecule has 1 aliphatic carbocycles. The van der Waals surface area contributed by atoms with E-state index < -0.39 is 33.5 Å². The summed E-state index contributed by atoms with van der Waals surface area (Å²) >= 11 is 4.24. The summed E-state index contributed by atoms with van der Waals surface area (Å²) in [6.45, 7) is 2.11. The van der Waals surface area contributed by atoms with Gasteiger partial charge in [0.2, 0.25) is 5.91 Å². The highest BCUT2D eigenvalue weighted by molar-refractivity contribution is 9.10. The van der Waals surface area contributed by atoms with Crippen molar-refractivity contribution < 1.29 is 26.7 Å². The van der Waals surface area contributed by atoms with Crippen LogP contribution in [0.4, 0.5) is 8.78 Å². The number of rotatable bonds is 8. The minimum Gasteiger partial charge on any atom is -0.490 e. The van der Waals surface area contributed by atoms with Crippen LogP contribution in [0.15, 0.2) is 57.2 Å². The Bertz CT molecular complexity index is 1530. The first-order valence-electron chi connectivity index (χ1n) is 14.2. The van der Waals surface area contributed by atoms with Crippen molar-refractivity contribution in [2.24, 2.45) is 5.92 Å². The Balaban J connectivity index is 1.32. The van der Waals surface area contributed by atoms with Gasteiger partial charge in [-0.2, -0.15) is 13.5 Å². The fourth-order valence-electron chi connectivity index (χ4n) is 6.68. The molecule has 41 heavy (non-hydrogen) atoms. The third kappa shape index (κ3) is 5.79. The number of nitrogens with zero attached hydrogens (tertiary/aromatic N) is 1. The van der Waals surface area contributed by atoms with E-state index in [1.807, 2.05) is 0 Å². The SMILES string of the molecule is CC1CC2CCC(C1)N2C(=O)C(NS(=O)(=O)c1cc2ccc(OC3CCCC3)cc2s1)C(F)(F)c1ccc(Br)cc1. The van der Waals surface area contributed by atoms with Crippen LogP contribution < -0.4 is 9.46 Å². The predicted molar refractivity (Wildman–Crippen MR) is 159 cm³/mol. The molecule has 3 aromatic rings. The number of halogens is 3. The molecule has 3 atom stereocenters. The average Bonchev–Trinajstić information content (AvgIpc) is 3.66. The average molecular weight is 668 g/mol. The molecule has 220 valence electrons. The van der Waals surface area contributed by atoms with E-state index in [0.29, 0.717) is 26.2 Å². The third-order valence-corrected chi connectivity index (χ3v) is 12.2. The largest absolute Gasteiger partial charge is 0.490 e. The molecule has 2 aromatic carbocycles. The van der Waals surface area contributed by atoms with E-state index in [1.54, 1.807) is 18.2 Å². The van der Waals surface area contributed by atoms with Gasteiger partial charge in [0.25, 0.3) is 15.9 Å². The van der Waals surface area contributed by atoms with Crippen molar-refractivity contribution in [3.8, 4) is 5.75 Å². The maximum Gasteiger partial charge on any atom is 0.298 e. The Hall–Kier alpha value is -2.08. The molecule has 11 heteroatoms. The van der Waals surface area contributed by atoms with Crippen LogP contribution in [0.3, 0.4) is 0 Å². The van der Waals surface area contributed by atoms with Crippen LogP contribution in [-0.2, 0) is 20.7 Å². The van der Waals surface area contributed by atoms with Gasteiger partial charge in [0, 0.05) is 26.8 Å². The van der Waals surface area contributed by atoms with Crippen LogP contribution >= 0.6 is 27.3 Å². The normalized spacial score (nSPS) is 24.2. The van der Waals surface area contributed by atoms with Gasteiger partial charge in [-0.1, -0.05) is 35.0 Å². The topological polar surface area (TPSA) is 75.7 Å². The Morgan fingerprint density at radius 1 is 1.05 bits per heavy atom. The summed E-state index contributed by atoms with van der Waals surface area (Å²) in [6.07, 6.45) is 7.33. The molecule has 0 spiro atoms. The zero-order valence-electron chi connectivity index (χ0n) is 22.7. The van der Waals surface area contributed by atoms with Gasteiger partial charge in [0.05, 0.1) is 6.10 Å². The number of thiophene rings is 1. The van der Waals surface area contributed by atoms with Crippen molar-refractivity contribution in [2.45, 2.75) is 92.7 Å². The third-order valence-electron chi connectivity index (χ3n) is 8.67. The van der Waals surface area contributed by atoms with Crippen LogP contribution in [-0.4, -0.2) is 43.5 Å². The van der Waals surface area contributed by atoms with E-state index >= 15 is 8.78 Å². The molecule has 0 radical (unpaired) electrons. The quantitative estimate of drug-likeness (QED) is 0.276. The molecule has 1 N–H and O–H groups in total. The standard InChI is InChI=1S/C30H33BrF2N2O4S2/c1-18-14-22-11-12-23(15-18)35(22)29(36)28(30(32,33)20-7-9-21(31)10-8-20)34-41(37,38)27-16-19-6-13-25(17-26(19)40-27)39-24-4-2-3-5-24/h6-10,13,16-18,22-24,28,34H,2-5,11-12,14-15H2,1H3. The second-order valence-corrected chi connectivity index (χ2v) is 15.6. The summed E-state index contributed by atoms with van der Waals surface area (Å²) in [5, 5.41) is 0.666. The Morgan fingerprint density at radius 3 is 2.37 bits per heavy atom. The van der Waals surface area contributed by atoms with E-state index in [0.717, 1.165) is 62.7 Å². The molecular formula is C30H33BrF2N2O4S2. The van der Waals surface area contributed by atoms with Crippen molar-refractivity contribution >= 4 is 53.3 Å². The van der Waals surface area contributed by atoms with Crippen molar-refractivity contribution in [2.75, 3.05) is 0 Å². The number of nitrogens with one attached hydrogen (secondary N) is 1. The number of carbonyl (C=O) groups excluding carboxylic acids is 1. The molecule has 6 rings (SSSR count). The van der Waals surface area contributed by atoms with Crippen molar-refractivity contribution in [1.82, 2.24) is 9.62 Å². The van der Waals surface area contributed by atoms with Gasteiger partial charge >= 0.3 is 0 Å².